The Balaban J connectivity index is 2.28. The van der Waals surface area contributed by atoms with Crippen LogP contribution in [0, 0.1) is 0 Å². The molecule has 0 bridgehead atoms. The van der Waals surface area contributed by atoms with Crippen LogP contribution in [0.4, 0.5) is 0 Å². The van der Waals surface area contributed by atoms with Crippen molar-refractivity contribution in [2.24, 2.45) is 0 Å². The summed E-state index contributed by atoms with van der Waals surface area (Å²) in [5.74, 6) is 0. The zero-order valence-electron chi connectivity index (χ0n) is 13.5. The van der Waals surface area contributed by atoms with Gasteiger partial charge in [0.2, 0.25) is 0 Å². The molecular formula is C16H33IP2+2. The van der Waals surface area contributed by atoms with Crippen LogP contribution in [0.3, 0.4) is 0 Å². The molecule has 0 aliphatic carbocycles. The quantitative estimate of drug-likeness (QED) is 0.348. The molecule has 2 saturated heterocycles. The molecule has 0 spiro atoms. The number of hydrogen-bond donors (Lipinski definition) is 0. The van der Waals surface area contributed by atoms with E-state index in [1.807, 2.05) is 0 Å². The molecule has 0 aromatic rings. The van der Waals surface area contributed by atoms with Crippen molar-refractivity contribution in [3.05, 3.63) is 0 Å². The third-order valence-electron chi connectivity index (χ3n) is 6.53. The lowest BCUT2D eigenvalue weighted by Crippen LogP contribution is -2.25. The average molecular weight is 414 g/mol. The average Bonchev–Trinajstić information content (AvgIpc) is 2.92. The third-order valence-corrected chi connectivity index (χ3v) is 28.1. The van der Waals surface area contributed by atoms with Crippen LogP contribution >= 0.6 is 34.2 Å². The lowest BCUT2D eigenvalue weighted by Gasteiger charge is -2.38. The number of halogens is 1. The minimum absolute atomic E-state index is 0.682. The van der Waals surface area contributed by atoms with Gasteiger partial charge < -0.3 is 0 Å². The van der Waals surface area contributed by atoms with Crippen molar-refractivity contribution < 1.29 is 0 Å². The summed E-state index contributed by atoms with van der Waals surface area (Å²) in [5.41, 5.74) is 3.25. The molecule has 3 heteroatoms. The Morgan fingerprint density at radius 1 is 1.11 bits per heavy atom. The number of rotatable bonds is 4. The van der Waals surface area contributed by atoms with E-state index in [1.54, 1.807) is 12.6 Å². The first kappa shape index (κ1) is 17.0. The van der Waals surface area contributed by atoms with Gasteiger partial charge in [-0.25, -0.2) is 0 Å². The fourth-order valence-corrected chi connectivity index (χ4v) is 25.9. The first-order chi connectivity index (χ1) is 8.91. The van der Waals surface area contributed by atoms with Crippen molar-refractivity contribution in [1.29, 1.82) is 0 Å². The first-order valence-electron chi connectivity index (χ1n) is 8.33. The van der Waals surface area contributed by atoms with Crippen LogP contribution in [0.25, 0.3) is 0 Å². The van der Waals surface area contributed by atoms with Gasteiger partial charge in [-0.2, -0.15) is 0 Å². The van der Waals surface area contributed by atoms with Gasteiger partial charge in [-0.15, -0.1) is 0 Å². The maximum Gasteiger partial charge on any atom is 0.174 e. The molecule has 0 aromatic heterocycles. The van der Waals surface area contributed by atoms with E-state index >= 15 is 0 Å². The second-order valence-corrected chi connectivity index (χ2v) is 21.1. The smallest absolute Gasteiger partial charge is 0.0616 e. The van der Waals surface area contributed by atoms with Crippen molar-refractivity contribution in [3.8, 4) is 0 Å². The molecule has 2 rings (SSSR count). The van der Waals surface area contributed by atoms with Gasteiger partial charge in [0.15, 0.2) is 27.4 Å². The molecule has 3 unspecified atom stereocenters. The molecule has 2 fully saturated rings. The van der Waals surface area contributed by atoms with Gasteiger partial charge in [-0.05, 0) is 45.4 Å². The second kappa shape index (κ2) is 6.37. The Morgan fingerprint density at radius 3 is 2.32 bits per heavy atom. The lowest BCUT2D eigenvalue weighted by molar-refractivity contribution is 0.725. The molecule has 0 nitrogen and oxygen atoms in total. The largest absolute Gasteiger partial charge is 0.174 e. The summed E-state index contributed by atoms with van der Waals surface area (Å²) >= 11 is 3.04. The summed E-state index contributed by atoms with van der Waals surface area (Å²) in [6.07, 6.45) is 10.7. The molecule has 2 heterocycles. The SMILES string of the molecule is CC[C@@H]1CCC[P+]1(C)C(C)[P+]1(I)[C@H](CC)CC[C@H]1C. The van der Waals surface area contributed by atoms with Crippen molar-refractivity contribution in [2.45, 2.75) is 88.6 Å². The summed E-state index contributed by atoms with van der Waals surface area (Å²) in [6, 6.07) is 0. The Bertz CT molecular complexity index is 322. The highest BCUT2D eigenvalue weighted by molar-refractivity contribution is 14.2. The highest BCUT2D eigenvalue weighted by atomic mass is 127. The predicted octanol–water partition coefficient (Wildman–Crippen LogP) is 6.88. The van der Waals surface area contributed by atoms with E-state index in [-0.39, 0.29) is 0 Å². The van der Waals surface area contributed by atoms with Gasteiger partial charge in [-0.3, -0.25) is 0 Å². The summed E-state index contributed by atoms with van der Waals surface area (Å²) in [4.78, 5) is -0.758. The van der Waals surface area contributed by atoms with Crippen molar-refractivity contribution >= 4 is 34.2 Å². The van der Waals surface area contributed by atoms with Crippen molar-refractivity contribution in [2.75, 3.05) is 12.8 Å². The molecule has 2 aliphatic rings. The number of hydrogen-bond acceptors (Lipinski definition) is 0. The van der Waals surface area contributed by atoms with E-state index in [0.717, 1.165) is 22.4 Å². The van der Waals surface area contributed by atoms with E-state index < -0.39 is 12.2 Å². The van der Waals surface area contributed by atoms with Gasteiger partial charge in [-0.1, -0.05) is 13.8 Å². The molecule has 0 radical (unpaired) electrons. The van der Waals surface area contributed by atoms with Crippen molar-refractivity contribution in [3.63, 3.8) is 0 Å². The molecule has 0 saturated carbocycles. The standard InChI is InChI=1S/C16H33IP2/c1-6-15-9-8-12-18(15,5)14(4)19(17)13(3)10-11-16(19)7-2/h13-16H,6-12H2,1-5H3/q+2/t13-,14?,15-,16-,18?,19?/m1/s1. The van der Waals surface area contributed by atoms with E-state index in [2.05, 4.69) is 56.4 Å². The van der Waals surface area contributed by atoms with Gasteiger partial charge >= 0.3 is 0 Å². The highest BCUT2D eigenvalue weighted by Crippen LogP contribution is 2.92. The zero-order valence-corrected chi connectivity index (χ0v) is 17.5. The van der Waals surface area contributed by atoms with Gasteiger partial charge in [0, 0.05) is 6.92 Å². The van der Waals surface area contributed by atoms with Gasteiger partial charge in [0.25, 0.3) is 0 Å². The molecule has 112 valence electrons. The lowest BCUT2D eigenvalue weighted by atomic mass is 10.2. The molecule has 2 aliphatic heterocycles. The molecule has 0 amide bonds. The first-order valence-corrected chi connectivity index (χ1v) is 15.7. The summed E-state index contributed by atoms with van der Waals surface area (Å²) in [7, 11) is -0.682. The van der Waals surface area contributed by atoms with Crippen LogP contribution in [0.5, 0.6) is 0 Å². The topological polar surface area (TPSA) is 0 Å². The van der Waals surface area contributed by atoms with Gasteiger partial charge in [0.1, 0.15) is 4.90 Å². The van der Waals surface area contributed by atoms with Crippen LogP contribution in [0.2, 0.25) is 0 Å². The Labute approximate surface area is 135 Å². The monoisotopic (exact) mass is 414 g/mol. The zero-order chi connectivity index (χ0) is 14.3. The van der Waals surface area contributed by atoms with Crippen LogP contribution in [0.1, 0.15) is 66.2 Å². The highest BCUT2D eigenvalue weighted by Gasteiger charge is 2.66. The van der Waals surface area contributed by atoms with E-state index in [1.165, 1.54) is 32.1 Å². The molecular weight excluding hydrogens is 381 g/mol. The van der Waals surface area contributed by atoms with Crippen LogP contribution in [-0.4, -0.2) is 35.2 Å². The van der Waals surface area contributed by atoms with Gasteiger partial charge in [0.05, 0.1) is 37.1 Å². The normalized spacial score (nSPS) is 48.6. The maximum absolute atomic E-state index is 3.04. The molecule has 0 aromatic carbocycles. The maximum atomic E-state index is 3.04. The predicted molar refractivity (Wildman–Crippen MR) is 104 cm³/mol. The minimum Gasteiger partial charge on any atom is -0.0616 e. The summed E-state index contributed by atoms with van der Waals surface area (Å²) < 4.78 is 0. The molecule has 19 heavy (non-hydrogen) atoms. The van der Waals surface area contributed by atoms with E-state index in [0.29, 0.717) is 0 Å². The van der Waals surface area contributed by atoms with E-state index in [9.17, 15) is 0 Å². The van der Waals surface area contributed by atoms with Crippen LogP contribution in [0.15, 0.2) is 0 Å². The minimum atomic E-state index is -0.758. The molecule has 0 N–H and O–H groups in total. The Kier molecular flexibility index (Phi) is 5.69. The Morgan fingerprint density at radius 2 is 1.74 bits per heavy atom. The third kappa shape index (κ3) is 2.68. The van der Waals surface area contributed by atoms with Crippen molar-refractivity contribution in [1.82, 2.24) is 0 Å². The Hall–Kier alpha value is 1.59. The fraction of sp³-hybridized carbons (Fsp3) is 1.00. The second-order valence-electron chi connectivity index (χ2n) is 7.14. The molecule has 6 atom stereocenters. The fourth-order valence-electron chi connectivity index (χ4n) is 5.01. The van der Waals surface area contributed by atoms with Crippen LogP contribution in [-0.2, 0) is 0 Å². The van der Waals surface area contributed by atoms with Crippen LogP contribution < -0.4 is 0 Å². The summed E-state index contributed by atoms with van der Waals surface area (Å²) in [6.45, 7) is 13.0. The van der Waals surface area contributed by atoms with E-state index in [4.69, 9.17) is 0 Å². The summed E-state index contributed by atoms with van der Waals surface area (Å²) in [5, 5.41) is 1.09.